The van der Waals surface area contributed by atoms with Crippen LogP contribution < -0.4 is 22.5 Å². The smallest absolute Gasteiger partial charge is 0.330 e. The maximum atomic E-state index is 11.6. The number of nitrogens with zero attached hydrogens (tertiary/aromatic N) is 1. The number of hydrogen-bond acceptors (Lipinski definition) is 10. The van der Waals surface area contributed by atoms with E-state index in [4.69, 9.17) is 19.7 Å². The van der Waals surface area contributed by atoms with Crippen LogP contribution in [0.5, 0.6) is 0 Å². The summed E-state index contributed by atoms with van der Waals surface area (Å²) >= 11 is 0. The normalized spacial score (nSPS) is 31.7. The summed E-state index contributed by atoms with van der Waals surface area (Å²) in [5, 5.41) is 36.8. The van der Waals surface area contributed by atoms with Crippen molar-refractivity contribution >= 4 is 0 Å². The molecule has 4 heterocycles. The van der Waals surface area contributed by atoms with E-state index in [1.54, 1.807) is 6.92 Å². The summed E-state index contributed by atoms with van der Waals surface area (Å²) in [6.07, 6.45) is -0.447. The number of aromatic amines is 3. The van der Waals surface area contributed by atoms with Gasteiger partial charge in [-0.25, -0.2) is 9.59 Å². The van der Waals surface area contributed by atoms with Gasteiger partial charge in [-0.15, -0.1) is 0 Å². The number of nitrogens with one attached hydrogen (secondary N) is 3. The Morgan fingerprint density at radius 1 is 0.857 bits per heavy atom. The molecule has 2 aromatic heterocycles. The summed E-state index contributed by atoms with van der Waals surface area (Å²) in [6, 6.07) is 2.44. The van der Waals surface area contributed by atoms with Gasteiger partial charge in [0.15, 0.2) is 0 Å². The van der Waals surface area contributed by atoms with Crippen LogP contribution in [0.4, 0.5) is 0 Å². The first-order chi connectivity index (χ1) is 16.5. The van der Waals surface area contributed by atoms with Crippen LogP contribution in [0.25, 0.3) is 0 Å². The lowest BCUT2D eigenvalue weighted by atomic mass is 10.00. The van der Waals surface area contributed by atoms with Gasteiger partial charge in [0, 0.05) is 36.4 Å². The summed E-state index contributed by atoms with van der Waals surface area (Å²) in [4.78, 5) is 49.3. The van der Waals surface area contributed by atoms with Gasteiger partial charge in [0.25, 0.3) is 11.1 Å². The molecule has 8 atom stereocenters. The monoisotopic (exact) mass is 500 g/mol. The minimum Gasteiger partial charge on any atom is -0.394 e. The van der Waals surface area contributed by atoms with Crippen molar-refractivity contribution in [2.75, 3.05) is 13.2 Å². The predicted molar refractivity (Wildman–Crippen MR) is 122 cm³/mol. The maximum absolute atomic E-state index is 11.6. The highest BCUT2D eigenvalue weighted by atomic mass is 16.5. The van der Waals surface area contributed by atoms with Crippen molar-refractivity contribution in [3.05, 3.63) is 66.2 Å². The average molecular weight is 501 g/mol. The van der Waals surface area contributed by atoms with E-state index in [1.807, 2.05) is 18.8 Å². The van der Waals surface area contributed by atoms with Gasteiger partial charge in [-0.05, 0) is 6.92 Å². The number of ether oxygens (including phenoxy) is 2. The molecular weight excluding hydrogens is 468 g/mol. The van der Waals surface area contributed by atoms with Crippen molar-refractivity contribution in [3.8, 4) is 0 Å². The Kier molecular flexibility index (Phi) is 10.3. The van der Waals surface area contributed by atoms with Crippen LogP contribution in [0.15, 0.2) is 43.7 Å². The van der Waals surface area contributed by atoms with Crippen LogP contribution >= 0.6 is 0 Å². The van der Waals surface area contributed by atoms with E-state index in [0.717, 1.165) is 0 Å². The number of hydrogen-bond donors (Lipinski definition) is 7. The summed E-state index contributed by atoms with van der Waals surface area (Å²) in [5.74, 6) is -0.215. The molecule has 0 spiro atoms. The van der Waals surface area contributed by atoms with Crippen LogP contribution in [-0.4, -0.2) is 83.7 Å². The minimum absolute atomic E-state index is 0.0622. The van der Waals surface area contributed by atoms with E-state index in [2.05, 4.69) is 9.97 Å². The molecule has 7 N–H and O–H groups in total. The van der Waals surface area contributed by atoms with Crippen LogP contribution in [0, 0.1) is 11.8 Å². The molecule has 2 aliphatic rings. The molecule has 35 heavy (non-hydrogen) atoms. The molecule has 14 nitrogen and oxygen atoms in total. The van der Waals surface area contributed by atoms with E-state index in [-0.39, 0.29) is 42.8 Å². The second-order valence-electron chi connectivity index (χ2n) is 8.32. The van der Waals surface area contributed by atoms with Crippen molar-refractivity contribution in [1.82, 2.24) is 19.5 Å². The zero-order valence-electron chi connectivity index (χ0n) is 19.5. The molecular formula is C21H32N4O10. The molecule has 0 saturated carbocycles. The van der Waals surface area contributed by atoms with Gasteiger partial charge in [0.2, 0.25) is 0 Å². The third kappa shape index (κ3) is 7.30. The third-order valence-corrected chi connectivity index (χ3v) is 5.90. The highest BCUT2D eigenvalue weighted by Crippen LogP contribution is 2.33. The lowest BCUT2D eigenvalue weighted by molar-refractivity contribution is -0.0477. The van der Waals surface area contributed by atoms with Gasteiger partial charge in [-0.3, -0.25) is 24.1 Å². The Balaban J connectivity index is 0.000000204. The van der Waals surface area contributed by atoms with Crippen molar-refractivity contribution in [2.45, 2.75) is 57.5 Å². The van der Waals surface area contributed by atoms with E-state index < -0.39 is 41.5 Å². The van der Waals surface area contributed by atoms with Crippen LogP contribution in [0.3, 0.4) is 0 Å². The number of rotatable bonds is 3. The van der Waals surface area contributed by atoms with Crippen LogP contribution in [0.2, 0.25) is 0 Å². The first kappa shape index (κ1) is 28.4. The summed E-state index contributed by atoms with van der Waals surface area (Å²) in [6.45, 7) is 5.13. The number of aliphatic hydroxyl groups excluding tert-OH is 4. The molecule has 2 fully saturated rings. The minimum atomic E-state index is -0.844. The second kappa shape index (κ2) is 12.7. The van der Waals surface area contributed by atoms with Gasteiger partial charge in [0.05, 0.1) is 31.5 Å². The zero-order valence-corrected chi connectivity index (χ0v) is 19.5. The Morgan fingerprint density at radius 2 is 1.43 bits per heavy atom. The molecule has 196 valence electrons. The predicted octanol–water partition coefficient (Wildman–Crippen LogP) is -2.75. The first-order valence-electron chi connectivity index (χ1n) is 11.0. The molecule has 0 aliphatic carbocycles. The topological polar surface area (TPSA) is 220 Å². The molecule has 2 aliphatic heterocycles. The molecule has 0 aromatic carbocycles. The summed E-state index contributed by atoms with van der Waals surface area (Å²) in [5.41, 5.74) is -1.94. The molecule has 4 rings (SSSR count). The fourth-order valence-corrected chi connectivity index (χ4v) is 3.62. The number of H-pyrrole nitrogens is 3. The highest BCUT2D eigenvalue weighted by Gasteiger charge is 2.41. The van der Waals surface area contributed by atoms with Crippen LogP contribution in [0.1, 0.15) is 27.0 Å². The second-order valence-corrected chi connectivity index (χ2v) is 8.32. The quantitative estimate of drug-likeness (QED) is 0.230. The van der Waals surface area contributed by atoms with Crippen molar-refractivity contribution < 1.29 is 29.9 Å². The molecule has 0 bridgehead atoms. The Bertz CT molecular complexity index is 1130. The number of aromatic nitrogens is 4. The zero-order chi connectivity index (χ0) is 26.3. The third-order valence-electron chi connectivity index (χ3n) is 5.90. The van der Waals surface area contributed by atoms with Crippen LogP contribution in [-0.2, 0) is 9.47 Å². The summed E-state index contributed by atoms with van der Waals surface area (Å²) < 4.78 is 11.8. The van der Waals surface area contributed by atoms with E-state index in [1.165, 1.54) is 29.1 Å². The van der Waals surface area contributed by atoms with Crippen molar-refractivity contribution in [1.29, 1.82) is 0 Å². The van der Waals surface area contributed by atoms with Crippen molar-refractivity contribution in [2.24, 2.45) is 11.8 Å². The SMILES string of the molecule is C[C@@H]1O[C@H](CO)C(O)[C@@H]1C.C[C@H]1C(O)[C@@H](CO)O[C@H]1n1ccc(=O)[nH]c1=O.O=c1cc[nH]c(=O)[nH]1. The lowest BCUT2D eigenvalue weighted by Crippen LogP contribution is -2.33. The molecule has 2 saturated heterocycles. The fourth-order valence-electron chi connectivity index (χ4n) is 3.62. The van der Waals surface area contributed by atoms with Gasteiger partial charge in [-0.2, -0.15) is 0 Å². The first-order valence-corrected chi connectivity index (χ1v) is 11.0. The highest BCUT2D eigenvalue weighted by molar-refractivity contribution is 4.91. The average Bonchev–Trinajstić information content (AvgIpc) is 3.24. The largest absolute Gasteiger partial charge is 0.394 e. The van der Waals surface area contributed by atoms with E-state index in [9.17, 15) is 29.4 Å². The lowest BCUT2D eigenvalue weighted by Gasteiger charge is -2.17. The van der Waals surface area contributed by atoms with Gasteiger partial charge < -0.3 is 34.9 Å². The fraction of sp³-hybridized carbons (Fsp3) is 0.619. The van der Waals surface area contributed by atoms with E-state index >= 15 is 0 Å². The molecule has 0 amide bonds. The Morgan fingerprint density at radius 3 is 1.83 bits per heavy atom. The molecule has 2 unspecified atom stereocenters. The molecule has 2 aromatic rings. The van der Waals surface area contributed by atoms with Gasteiger partial charge >= 0.3 is 11.4 Å². The molecule has 14 heteroatoms. The Hall–Kier alpha value is -2.88. The number of aliphatic hydroxyl groups is 4. The summed E-state index contributed by atoms with van der Waals surface area (Å²) in [7, 11) is 0. The van der Waals surface area contributed by atoms with Gasteiger partial charge in [-0.1, -0.05) is 13.8 Å². The Labute approximate surface area is 198 Å². The van der Waals surface area contributed by atoms with E-state index in [0.29, 0.717) is 0 Å². The maximum Gasteiger partial charge on any atom is 0.330 e. The molecule has 0 radical (unpaired) electrons. The van der Waals surface area contributed by atoms with Gasteiger partial charge in [0.1, 0.15) is 18.4 Å². The van der Waals surface area contributed by atoms with Crippen molar-refractivity contribution in [3.63, 3.8) is 0 Å². The standard InChI is InChI=1S/C10H14N2O5.C7H14O3.C4H4N2O2/c1-5-8(15)6(4-13)17-9(5)12-3-2-7(14)11-10(12)16;1-4-5(2)10-6(3-8)7(4)9;7-3-1-2-5-4(8)6-3/h2-3,5-6,8-9,13,15H,4H2,1H3,(H,11,14,16);4-9H,3H2,1-2H3;1-2H,(H2,5,6,7,8)/t5-,6+,8?,9+;4-,5+,6-,7?;/m01./s1.